The molecule has 3 rings (SSSR count). The second kappa shape index (κ2) is 7.68. The number of nitrogens with zero attached hydrogens (tertiary/aromatic N) is 2. The van der Waals surface area contributed by atoms with E-state index in [2.05, 4.69) is 36.4 Å². The van der Waals surface area contributed by atoms with E-state index < -0.39 is 6.10 Å². The molecule has 0 saturated heterocycles. The number of rotatable bonds is 7. The van der Waals surface area contributed by atoms with Crippen molar-refractivity contribution in [1.82, 2.24) is 15.1 Å². The quantitative estimate of drug-likeness (QED) is 0.689. The molecule has 2 heterocycles. The summed E-state index contributed by atoms with van der Waals surface area (Å²) in [6, 6.07) is 13.9. The van der Waals surface area contributed by atoms with Crippen LogP contribution in [-0.4, -0.2) is 20.9 Å². The number of aliphatic hydroxyl groups excluding tert-OH is 1. The predicted molar refractivity (Wildman–Crippen MR) is 97.6 cm³/mol. The van der Waals surface area contributed by atoms with E-state index in [-0.39, 0.29) is 6.04 Å². The predicted octanol–water partition coefficient (Wildman–Crippen LogP) is 3.68. The first-order chi connectivity index (χ1) is 12.1. The number of hydrogen-bond acceptors (Lipinski definition) is 4. The fourth-order valence-electron chi connectivity index (χ4n) is 3.04. The van der Waals surface area contributed by atoms with Crippen molar-refractivity contribution in [2.75, 3.05) is 0 Å². The number of para-hydroxylation sites is 1. The topological polar surface area (TPSA) is 63.2 Å². The lowest BCUT2D eigenvalue weighted by atomic mass is 10.1. The van der Waals surface area contributed by atoms with E-state index in [9.17, 15) is 5.11 Å². The molecule has 0 aliphatic carbocycles. The Hall–Kier alpha value is -2.37. The largest absolute Gasteiger partial charge is 0.467 e. The third-order valence-corrected chi connectivity index (χ3v) is 4.52. The average molecular weight is 339 g/mol. The first-order valence-electron chi connectivity index (χ1n) is 8.61. The lowest BCUT2D eigenvalue weighted by molar-refractivity contribution is 0.128. The number of nitrogens with one attached hydrogen (secondary N) is 1. The maximum atomic E-state index is 10.2. The van der Waals surface area contributed by atoms with Gasteiger partial charge in [-0.2, -0.15) is 5.10 Å². The highest BCUT2D eigenvalue weighted by molar-refractivity contribution is 5.36. The van der Waals surface area contributed by atoms with E-state index in [0.29, 0.717) is 12.2 Å². The smallest absolute Gasteiger partial charge is 0.132 e. The summed E-state index contributed by atoms with van der Waals surface area (Å²) in [4.78, 5) is 0. The van der Waals surface area contributed by atoms with Crippen molar-refractivity contribution in [1.29, 1.82) is 0 Å². The van der Waals surface area contributed by atoms with Crippen LogP contribution in [0.3, 0.4) is 0 Å². The van der Waals surface area contributed by atoms with Crippen LogP contribution >= 0.6 is 0 Å². The third-order valence-electron chi connectivity index (χ3n) is 4.52. The molecule has 0 aliphatic rings. The van der Waals surface area contributed by atoms with Gasteiger partial charge in [0.25, 0.3) is 0 Å². The maximum absolute atomic E-state index is 10.2. The van der Waals surface area contributed by atoms with Gasteiger partial charge >= 0.3 is 0 Å². The van der Waals surface area contributed by atoms with E-state index >= 15 is 0 Å². The molecule has 3 aromatic rings. The van der Waals surface area contributed by atoms with Crippen molar-refractivity contribution in [3.63, 3.8) is 0 Å². The van der Waals surface area contributed by atoms with Crippen LogP contribution in [0.2, 0.25) is 0 Å². The van der Waals surface area contributed by atoms with Gasteiger partial charge in [-0.15, -0.1) is 0 Å². The normalized spacial score (nSPS) is 13.8. The minimum atomic E-state index is -0.591. The molecule has 132 valence electrons. The van der Waals surface area contributed by atoms with Gasteiger partial charge in [0, 0.05) is 23.8 Å². The Balaban J connectivity index is 1.64. The number of hydrogen-bond donors (Lipinski definition) is 2. The molecule has 0 aliphatic heterocycles. The van der Waals surface area contributed by atoms with Gasteiger partial charge in [0.05, 0.1) is 17.6 Å². The van der Waals surface area contributed by atoms with Crippen molar-refractivity contribution >= 4 is 0 Å². The molecule has 2 atom stereocenters. The van der Waals surface area contributed by atoms with Gasteiger partial charge in [-0.3, -0.25) is 0 Å². The second-order valence-corrected chi connectivity index (χ2v) is 6.45. The van der Waals surface area contributed by atoms with Crippen LogP contribution in [0, 0.1) is 13.8 Å². The second-order valence-electron chi connectivity index (χ2n) is 6.45. The van der Waals surface area contributed by atoms with E-state index in [4.69, 9.17) is 4.42 Å². The molecule has 0 radical (unpaired) electrons. The lowest BCUT2D eigenvalue weighted by Gasteiger charge is -2.17. The van der Waals surface area contributed by atoms with E-state index in [1.54, 1.807) is 18.4 Å². The Morgan fingerprint density at radius 3 is 2.60 bits per heavy atom. The van der Waals surface area contributed by atoms with Crippen LogP contribution in [0.4, 0.5) is 0 Å². The van der Waals surface area contributed by atoms with Crippen LogP contribution in [0.1, 0.15) is 42.2 Å². The number of aryl methyl sites for hydroxylation is 1. The molecule has 0 spiro atoms. The minimum Gasteiger partial charge on any atom is -0.467 e. The van der Waals surface area contributed by atoms with Gasteiger partial charge < -0.3 is 14.8 Å². The van der Waals surface area contributed by atoms with Crippen molar-refractivity contribution in [2.24, 2.45) is 0 Å². The van der Waals surface area contributed by atoms with Gasteiger partial charge in [0.15, 0.2) is 0 Å². The molecule has 25 heavy (non-hydrogen) atoms. The summed E-state index contributed by atoms with van der Waals surface area (Å²) in [5, 5.41) is 18.3. The molecule has 1 aromatic carbocycles. The molecule has 0 bridgehead atoms. The minimum absolute atomic E-state index is 0.152. The third kappa shape index (κ3) is 4.00. The molecule has 5 nitrogen and oxygen atoms in total. The highest BCUT2D eigenvalue weighted by atomic mass is 16.4. The number of aromatic nitrogens is 2. The number of furan rings is 1. The van der Waals surface area contributed by atoms with E-state index in [1.807, 2.05) is 29.8 Å². The van der Waals surface area contributed by atoms with Crippen molar-refractivity contribution in [3.8, 4) is 5.69 Å². The maximum Gasteiger partial charge on any atom is 0.132 e. The van der Waals surface area contributed by atoms with Gasteiger partial charge in [0.1, 0.15) is 11.9 Å². The molecule has 2 N–H and O–H groups in total. The van der Waals surface area contributed by atoms with E-state index in [0.717, 1.165) is 23.6 Å². The fraction of sp³-hybridized carbons (Fsp3) is 0.350. The Labute approximate surface area is 148 Å². The zero-order valence-corrected chi connectivity index (χ0v) is 14.9. The monoisotopic (exact) mass is 339 g/mol. The lowest BCUT2D eigenvalue weighted by Crippen LogP contribution is -2.27. The summed E-state index contributed by atoms with van der Waals surface area (Å²) in [5.41, 5.74) is 4.42. The van der Waals surface area contributed by atoms with Gasteiger partial charge in [-0.05, 0) is 51.5 Å². The highest BCUT2D eigenvalue weighted by Crippen LogP contribution is 2.20. The summed E-state index contributed by atoms with van der Waals surface area (Å²) in [6.07, 6.45) is 1.59. The van der Waals surface area contributed by atoms with Gasteiger partial charge in [0.2, 0.25) is 0 Å². The summed E-state index contributed by atoms with van der Waals surface area (Å²) in [7, 11) is 0. The van der Waals surface area contributed by atoms with E-state index in [1.165, 1.54) is 5.56 Å². The molecule has 0 saturated carbocycles. The number of aliphatic hydroxyl groups is 1. The summed E-state index contributed by atoms with van der Waals surface area (Å²) >= 11 is 0. The molecular formula is C20H25N3O2. The van der Waals surface area contributed by atoms with Crippen LogP contribution in [-0.2, 0) is 6.54 Å². The molecule has 2 unspecified atom stereocenters. The number of benzene rings is 1. The average Bonchev–Trinajstić information content (AvgIpc) is 3.23. The summed E-state index contributed by atoms with van der Waals surface area (Å²) in [6.45, 7) is 6.91. The Morgan fingerprint density at radius 2 is 1.92 bits per heavy atom. The molecule has 0 amide bonds. The first-order valence-corrected chi connectivity index (χ1v) is 8.61. The molecule has 0 fully saturated rings. The Bertz CT molecular complexity index is 794. The Morgan fingerprint density at radius 1 is 1.16 bits per heavy atom. The zero-order chi connectivity index (χ0) is 17.8. The first kappa shape index (κ1) is 17.5. The highest BCUT2D eigenvalue weighted by Gasteiger charge is 2.17. The standard InChI is InChI=1S/C20H25N3O2/c1-14(12-19(24)20-10-7-11-25-20)21-13-18-15(2)22-23(16(18)3)17-8-5-4-6-9-17/h4-11,14,19,21,24H,12-13H2,1-3H3. The zero-order valence-electron chi connectivity index (χ0n) is 14.9. The van der Waals surface area contributed by atoms with Crippen LogP contribution in [0.15, 0.2) is 53.1 Å². The van der Waals surface area contributed by atoms with Crippen LogP contribution in [0.5, 0.6) is 0 Å². The SMILES string of the molecule is Cc1nn(-c2ccccc2)c(C)c1CNC(C)CC(O)c1ccco1. The van der Waals surface area contributed by atoms with Crippen molar-refractivity contribution in [3.05, 3.63) is 71.4 Å². The molecule has 2 aromatic heterocycles. The molecule has 5 heteroatoms. The fourth-order valence-corrected chi connectivity index (χ4v) is 3.04. The van der Waals surface area contributed by atoms with Crippen molar-refractivity contribution in [2.45, 2.75) is 45.9 Å². The summed E-state index contributed by atoms with van der Waals surface area (Å²) in [5.74, 6) is 0.609. The van der Waals surface area contributed by atoms with Gasteiger partial charge in [-0.25, -0.2) is 4.68 Å². The Kier molecular flexibility index (Phi) is 5.36. The van der Waals surface area contributed by atoms with Crippen LogP contribution in [0.25, 0.3) is 5.69 Å². The van der Waals surface area contributed by atoms with Gasteiger partial charge in [-0.1, -0.05) is 18.2 Å². The van der Waals surface area contributed by atoms with Crippen LogP contribution < -0.4 is 5.32 Å². The summed E-state index contributed by atoms with van der Waals surface area (Å²) < 4.78 is 7.24. The van der Waals surface area contributed by atoms with Crippen molar-refractivity contribution < 1.29 is 9.52 Å². The molecular weight excluding hydrogens is 314 g/mol.